The second kappa shape index (κ2) is 3.34. The van der Waals surface area contributed by atoms with Crippen molar-refractivity contribution in [2.24, 2.45) is 11.8 Å². The van der Waals surface area contributed by atoms with Crippen molar-refractivity contribution in [3.8, 4) is 0 Å². The van der Waals surface area contributed by atoms with Gasteiger partial charge in [0.25, 0.3) is 5.91 Å². The first-order valence-corrected chi connectivity index (χ1v) is 6.72. The van der Waals surface area contributed by atoms with Crippen LogP contribution in [0.15, 0.2) is 18.2 Å². The molecule has 1 aromatic carbocycles. The molecule has 1 heterocycles. The summed E-state index contributed by atoms with van der Waals surface area (Å²) in [6, 6.07) is 6.32. The number of benzene rings is 1. The fourth-order valence-corrected chi connectivity index (χ4v) is 3.45. The van der Waals surface area contributed by atoms with Gasteiger partial charge in [0, 0.05) is 18.7 Å². The molecule has 88 valence electrons. The summed E-state index contributed by atoms with van der Waals surface area (Å²) in [5.74, 6) is 1.91. The molecule has 2 aliphatic carbocycles. The topological polar surface area (TPSA) is 20.3 Å². The second-order valence-corrected chi connectivity index (χ2v) is 5.80. The first-order chi connectivity index (χ1) is 8.31. The summed E-state index contributed by atoms with van der Waals surface area (Å²) in [4.78, 5) is 14.4. The van der Waals surface area contributed by atoms with E-state index in [0.717, 1.165) is 36.9 Å². The first kappa shape index (κ1) is 9.69. The minimum absolute atomic E-state index is 0.256. The molecule has 2 atom stereocenters. The lowest BCUT2D eigenvalue weighted by Crippen LogP contribution is -2.30. The number of rotatable bonds is 1. The Kier molecular flexibility index (Phi) is 1.91. The van der Waals surface area contributed by atoms with E-state index in [1.54, 1.807) is 0 Å². The van der Waals surface area contributed by atoms with Gasteiger partial charge in [-0.05, 0) is 60.8 Å². The second-order valence-electron chi connectivity index (χ2n) is 5.80. The maximum absolute atomic E-state index is 12.3. The van der Waals surface area contributed by atoms with E-state index in [1.165, 1.54) is 30.4 Å². The van der Waals surface area contributed by atoms with Crippen LogP contribution in [0.25, 0.3) is 0 Å². The van der Waals surface area contributed by atoms with Crippen LogP contribution >= 0.6 is 0 Å². The van der Waals surface area contributed by atoms with Gasteiger partial charge in [-0.25, -0.2) is 0 Å². The van der Waals surface area contributed by atoms with E-state index < -0.39 is 0 Å². The molecule has 0 aromatic heterocycles. The average molecular weight is 227 g/mol. The van der Waals surface area contributed by atoms with E-state index in [-0.39, 0.29) is 5.91 Å². The van der Waals surface area contributed by atoms with Crippen LogP contribution in [0.2, 0.25) is 0 Å². The van der Waals surface area contributed by atoms with Gasteiger partial charge in [-0.15, -0.1) is 0 Å². The molecule has 2 heteroatoms. The summed E-state index contributed by atoms with van der Waals surface area (Å²) in [5.41, 5.74) is 3.76. The first-order valence-electron chi connectivity index (χ1n) is 6.72. The van der Waals surface area contributed by atoms with Crippen molar-refractivity contribution >= 4 is 5.91 Å². The predicted octanol–water partition coefficient (Wildman–Crippen LogP) is 2.27. The Balaban J connectivity index is 1.59. The van der Waals surface area contributed by atoms with Crippen molar-refractivity contribution < 1.29 is 4.79 Å². The Morgan fingerprint density at radius 1 is 1.12 bits per heavy atom. The number of nitrogens with zero attached hydrogens (tertiary/aromatic N) is 1. The van der Waals surface area contributed by atoms with Gasteiger partial charge in [0.05, 0.1) is 0 Å². The van der Waals surface area contributed by atoms with E-state index >= 15 is 0 Å². The Morgan fingerprint density at radius 2 is 1.88 bits per heavy atom. The van der Waals surface area contributed by atoms with Crippen molar-refractivity contribution in [1.82, 2.24) is 4.90 Å². The van der Waals surface area contributed by atoms with Gasteiger partial charge in [0.1, 0.15) is 0 Å². The zero-order valence-electron chi connectivity index (χ0n) is 9.98. The van der Waals surface area contributed by atoms with Gasteiger partial charge in [0.15, 0.2) is 0 Å². The molecular weight excluding hydrogens is 210 g/mol. The number of hydrogen-bond acceptors (Lipinski definition) is 1. The molecule has 2 unspecified atom stereocenters. The van der Waals surface area contributed by atoms with Gasteiger partial charge in [-0.1, -0.05) is 6.07 Å². The minimum atomic E-state index is 0.256. The molecule has 0 radical (unpaired) electrons. The van der Waals surface area contributed by atoms with Crippen LogP contribution < -0.4 is 0 Å². The molecule has 0 spiro atoms. The molecule has 1 aromatic rings. The summed E-state index contributed by atoms with van der Waals surface area (Å²) in [6.07, 6.45) is 4.95. The van der Waals surface area contributed by atoms with Gasteiger partial charge in [-0.2, -0.15) is 0 Å². The highest BCUT2D eigenvalue weighted by Crippen LogP contribution is 2.45. The fraction of sp³-hybridized carbons (Fsp3) is 0.533. The maximum Gasteiger partial charge on any atom is 0.253 e. The predicted molar refractivity (Wildman–Crippen MR) is 66.0 cm³/mol. The van der Waals surface area contributed by atoms with Crippen LogP contribution in [0.3, 0.4) is 0 Å². The molecule has 17 heavy (non-hydrogen) atoms. The summed E-state index contributed by atoms with van der Waals surface area (Å²) < 4.78 is 0. The van der Waals surface area contributed by atoms with Gasteiger partial charge >= 0.3 is 0 Å². The largest absolute Gasteiger partial charge is 0.338 e. The van der Waals surface area contributed by atoms with Crippen LogP contribution in [-0.4, -0.2) is 23.9 Å². The Hall–Kier alpha value is -1.31. The van der Waals surface area contributed by atoms with Crippen molar-refractivity contribution in [3.05, 3.63) is 34.9 Å². The van der Waals surface area contributed by atoms with Crippen molar-refractivity contribution in [2.75, 3.05) is 13.1 Å². The van der Waals surface area contributed by atoms with Gasteiger partial charge < -0.3 is 4.90 Å². The van der Waals surface area contributed by atoms with Crippen molar-refractivity contribution in [1.29, 1.82) is 0 Å². The summed E-state index contributed by atoms with van der Waals surface area (Å²) in [6.45, 7) is 2.00. The molecule has 0 N–H and O–H groups in total. The molecule has 0 bridgehead atoms. The quantitative estimate of drug-likeness (QED) is 0.720. The lowest BCUT2D eigenvalue weighted by atomic mass is 10.1. The maximum atomic E-state index is 12.3. The molecule has 1 amide bonds. The number of piperidine rings is 1. The van der Waals surface area contributed by atoms with Crippen molar-refractivity contribution in [2.45, 2.75) is 25.7 Å². The zero-order chi connectivity index (χ0) is 11.4. The number of carbonyl (C=O) groups is 1. The SMILES string of the molecule is O=C(c1ccc2c(c1)CCC2)N1CC2CC2C1. The summed E-state index contributed by atoms with van der Waals surface area (Å²) in [7, 11) is 0. The highest BCUT2D eigenvalue weighted by atomic mass is 16.2. The molecule has 2 nitrogen and oxygen atoms in total. The Bertz CT molecular complexity index is 484. The number of fused-ring (bicyclic) bond motifs is 2. The van der Waals surface area contributed by atoms with E-state index in [9.17, 15) is 4.79 Å². The molecule has 1 aliphatic heterocycles. The Morgan fingerprint density at radius 3 is 2.71 bits per heavy atom. The highest BCUT2D eigenvalue weighted by molar-refractivity contribution is 5.94. The van der Waals surface area contributed by atoms with Crippen LogP contribution in [-0.2, 0) is 12.8 Å². The molecule has 4 rings (SSSR count). The molecule has 2 fully saturated rings. The number of likely N-dealkylation sites (tertiary alicyclic amines) is 1. The zero-order valence-corrected chi connectivity index (χ0v) is 9.98. The van der Waals surface area contributed by atoms with Crippen LogP contribution in [0.1, 0.15) is 34.3 Å². The third-order valence-electron chi connectivity index (χ3n) is 4.61. The molecule has 1 saturated heterocycles. The van der Waals surface area contributed by atoms with E-state index in [4.69, 9.17) is 0 Å². The van der Waals surface area contributed by atoms with Crippen LogP contribution in [0.4, 0.5) is 0 Å². The van der Waals surface area contributed by atoms with E-state index in [0.29, 0.717) is 0 Å². The normalized spacial score (nSPS) is 29.1. The number of amides is 1. The third kappa shape index (κ3) is 1.50. The lowest BCUT2D eigenvalue weighted by molar-refractivity contribution is 0.0775. The monoisotopic (exact) mass is 227 g/mol. The van der Waals surface area contributed by atoms with Crippen LogP contribution in [0.5, 0.6) is 0 Å². The van der Waals surface area contributed by atoms with Crippen LogP contribution in [0, 0.1) is 11.8 Å². The average Bonchev–Trinajstić information content (AvgIpc) is 2.82. The van der Waals surface area contributed by atoms with E-state index in [2.05, 4.69) is 17.0 Å². The lowest BCUT2D eigenvalue weighted by Gasteiger charge is -2.18. The number of aryl methyl sites for hydroxylation is 2. The highest BCUT2D eigenvalue weighted by Gasteiger charge is 2.46. The number of carbonyl (C=O) groups excluding carboxylic acids is 1. The Labute approximate surface area is 102 Å². The molecular formula is C15H17NO. The smallest absolute Gasteiger partial charge is 0.253 e. The van der Waals surface area contributed by atoms with E-state index in [1.807, 2.05) is 6.07 Å². The summed E-state index contributed by atoms with van der Waals surface area (Å²) in [5, 5.41) is 0. The minimum Gasteiger partial charge on any atom is -0.338 e. The third-order valence-corrected chi connectivity index (χ3v) is 4.61. The van der Waals surface area contributed by atoms with Crippen molar-refractivity contribution in [3.63, 3.8) is 0 Å². The molecule has 3 aliphatic rings. The van der Waals surface area contributed by atoms with Gasteiger partial charge in [-0.3, -0.25) is 4.79 Å². The summed E-state index contributed by atoms with van der Waals surface area (Å²) >= 11 is 0. The fourth-order valence-electron chi connectivity index (χ4n) is 3.45. The standard InChI is InChI=1S/C15H17NO/c17-15(16-8-13-7-14(13)9-16)12-5-4-10-2-1-3-11(10)6-12/h4-6,13-14H,1-3,7-9H2. The number of hydrogen-bond donors (Lipinski definition) is 0. The molecule has 1 saturated carbocycles. The van der Waals surface area contributed by atoms with Gasteiger partial charge in [0.2, 0.25) is 0 Å².